The van der Waals surface area contributed by atoms with Crippen molar-refractivity contribution in [3.05, 3.63) is 34.9 Å². The lowest BCUT2D eigenvalue weighted by Gasteiger charge is -2.33. The molecule has 1 aliphatic rings. The first-order valence-corrected chi connectivity index (χ1v) is 7.49. The molecule has 0 bridgehead atoms. The van der Waals surface area contributed by atoms with Gasteiger partial charge in [-0.1, -0.05) is 6.07 Å². The van der Waals surface area contributed by atoms with Gasteiger partial charge >= 0.3 is 0 Å². The Bertz CT molecular complexity index is 591. The molecule has 8 heteroatoms. The SMILES string of the molecule is Cc1c(F)ccc(C(C)(C)NC(=O)[C@@H]2CN[C@H](CO)CO2)c1F.Cl. The number of carbonyl (C=O) groups excluding carboxylic acids is 1. The Hall–Kier alpha value is -1.28. The minimum absolute atomic E-state index is 0. The summed E-state index contributed by atoms with van der Waals surface area (Å²) < 4.78 is 33.1. The Morgan fingerprint density at radius 1 is 1.46 bits per heavy atom. The highest BCUT2D eigenvalue weighted by Crippen LogP contribution is 2.26. The topological polar surface area (TPSA) is 70.6 Å². The Morgan fingerprint density at radius 2 is 2.12 bits per heavy atom. The van der Waals surface area contributed by atoms with Gasteiger partial charge in [-0.15, -0.1) is 12.4 Å². The maximum atomic E-state index is 14.3. The Morgan fingerprint density at radius 3 is 2.67 bits per heavy atom. The second-order valence-corrected chi connectivity index (χ2v) is 6.26. The van der Waals surface area contributed by atoms with E-state index in [-0.39, 0.29) is 55.2 Å². The molecule has 1 aromatic rings. The number of amides is 1. The molecule has 1 saturated heterocycles. The van der Waals surface area contributed by atoms with Crippen LogP contribution in [0.15, 0.2) is 12.1 Å². The van der Waals surface area contributed by atoms with E-state index in [0.717, 1.165) is 0 Å². The van der Waals surface area contributed by atoms with Crippen LogP contribution in [-0.2, 0) is 15.1 Å². The molecule has 2 rings (SSSR count). The zero-order valence-corrected chi connectivity index (χ0v) is 14.7. The number of aliphatic hydroxyl groups is 1. The predicted octanol–water partition coefficient (Wildman–Crippen LogP) is 1.40. The number of rotatable bonds is 4. The molecule has 0 saturated carbocycles. The Kier molecular flexibility index (Phi) is 7.10. The molecule has 2 atom stereocenters. The first-order chi connectivity index (χ1) is 10.8. The Balaban J connectivity index is 0.00000288. The number of benzene rings is 1. The molecule has 1 heterocycles. The lowest BCUT2D eigenvalue weighted by atomic mass is 9.91. The molecule has 0 aliphatic carbocycles. The molecular formula is C16H23ClF2N2O3. The van der Waals surface area contributed by atoms with Crippen molar-refractivity contribution < 1.29 is 23.4 Å². The van der Waals surface area contributed by atoms with Crippen LogP contribution in [-0.4, -0.2) is 42.9 Å². The molecule has 1 aliphatic heterocycles. The van der Waals surface area contributed by atoms with Gasteiger partial charge in [0.2, 0.25) is 0 Å². The van der Waals surface area contributed by atoms with Crippen LogP contribution in [0.1, 0.15) is 25.0 Å². The number of nitrogens with one attached hydrogen (secondary N) is 2. The number of halogens is 3. The normalized spacial score (nSPS) is 21.1. The zero-order chi connectivity index (χ0) is 17.2. The molecule has 0 aromatic heterocycles. The zero-order valence-electron chi connectivity index (χ0n) is 13.9. The van der Waals surface area contributed by atoms with Crippen LogP contribution in [0, 0.1) is 18.6 Å². The molecular weight excluding hydrogens is 342 g/mol. The largest absolute Gasteiger partial charge is 0.395 e. The fraction of sp³-hybridized carbons (Fsp3) is 0.562. The van der Waals surface area contributed by atoms with Gasteiger partial charge in [0.15, 0.2) is 0 Å². The summed E-state index contributed by atoms with van der Waals surface area (Å²) in [6.45, 7) is 5.06. The third kappa shape index (κ3) is 4.42. The predicted molar refractivity (Wildman–Crippen MR) is 88.1 cm³/mol. The van der Waals surface area contributed by atoms with Crippen LogP contribution in [0.4, 0.5) is 8.78 Å². The number of hydrogen-bond donors (Lipinski definition) is 3. The monoisotopic (exact) mass is 364 g/mol. The highest BCUT2D eigenvalue weighted by atomic mass is 35.5. The van der Waals surface area contributed by atoms with Gasteiger partial charge in [-0.25, -0.2) is 8.78 Å². The minimum Gasteiger partial charge on any atom is -0.395 e. The molecule has 3 N–H and O–H groups in total. The standard InChI is InChI=1S/C16H22F2N2O3.ClH/c1-9-12(17)5-4-11(14(9)18)16(2,3)20-15(22)13-6-19-10(7-21)8-23-13;/h4-5,10,13,19,21H,6-8H2,1-3H3,(H,20,22);1H/t10-,13+;/m1./s1. The minimum atomic E-state index is -1.02. The highest BCUT2D eigenvalue weighted by molar-refractivity contribution is 5.85. The molecule has 0 unspecified atom stereocenters. The summed E-state index contributed by atoms with van der Waals surface area (Å²) in [4.78, 5) is 12.3. The average molecular weight is 365 g/mol. The maximum Gasteiger partial charge on any atom is 0.251 e. The van der Waals surface area contributed by atoms with Crippen LogP contribution in [0.25, 0.3) is 0 Å². The fourth-order valence-corrected chi connectivity index (χ4v) is 2.51. The van der Waals surface area contributed by atoms with Gasteiger partial charge in [-0.2, -0.15) is 0 Å². The van der Waals surface area contributed by atoms with E-state index in [1.54, 1.807) is 13.8 Å². The van der Waals surface area contributed by atoms with Crippen molar-refractivity contribution in [3.8, 4) is 0 Å². The lowest BCUT2D eigenvalue weighted by Crippen LogP contribution is -2.56. The Labute approximate surface area is 146 Å². The smallest absolute Gasteiger partial charge is 0.251 e. The van der Waals surface area contributed by atoms with E-state index >= 15 is 0 Å². The summed E-state index contributed by atoms with van der Waals surface area (Å²) in [5.74, 6) is -1.68. The van der Waals surface area contributed by atoms with Crippen LogP contribution >= 0.6 is 12.4 Å². The quantitative estimate of drug-likeness (QED) is 0.755. The number of morpholine rings is 1. The third-order valence-corrected chi connectivity index (χ3v) is 4.03. The van der Waals surface area contributed by atoms with Gasteiger partial charge < -0.3 is 20.5 Å². The maximum absolute atomic E-state index is 14.3. The van der Waals surface area contributed by atoms with Crippen molar-refractivity contribution in [2.24, 2.45) is 0 Å². The summed E-state index contributed by atoms with van der Waals surface area (Å²) in [5.41, 5.74) is -0.885. The molecule has 1 amide bonds. The van der Waals surface area contributed by atoms with E-state index < -0.39 is 23.3 Å². The summed E-state index contributed by atoms with van der Waals surface area (Å²) >= 11 is 0. The molecule has 24 heavy (non-hydrogen) atoms. The van der Waals surface area contributed by atoms with E-state index in [9.17, 15) is 13.6 Å². The van der Waals surface area contributed by atoms with Crippen molar-refractivity contribution in [1.29, 1.82) is 0 Å². The fourth-order valence-electron chi connectivity index (χ4n) is 2.51. The first-order valence-electron chi connectivity index (χ1n) is 7.49. The van der Waals surface area contributed by atoms with Crippen molar-refractivity contribution in [2.75, 3.05) is 19.8 Å². The van der Waals surface area contributed by atoms with Gasteiger partial charge in [0, 0.05) is 17.7 Å². The third-order valence-electron chi connectivity index (χ3n) is 4.03. The van der Waals surface area contributed by atoms with E-state index in [4.69, 9.17) is 9.84 Å². The molecule has 136 valence electrons. The van der Waals surface area contributed by atoms with Crippen molar-refractivity contribution in [1.82, 2.24) is 10.6 Å². The van der Waals surface area contributed by atoms with Gasteiger partial charge in [0.05, 0.1) is 24.8 Å². The molecule has 1 fully saturated rings. The number of carbonyl (C=O) groups is 1. The van der Waals surface area contributed by atoms with Crippen molar-refractivity contribution >= 4 is 18.3 Å². The van der Waals surface area contributed by atoms with Crippen LogP contribution in [0.2, 0.25) is 0 Å². The number of aliphatic hydroxyl groups excluding tert-OH is 1. The summed E-state index contributed by atoms with van der Waals surface area (Å²) in [6, 6.07) is 2.33. The molecule has 1 aromatic carbocycles. The lowest BCUT2D eigenvalue weighted by molar-refractivity contribution is -0.137. The van der Waals surface area contributed by atoms with Gasteiger partial charge in [-0.05, 0) is 26.8 Å². The van der Waals surface area contributed by atoms with E-state index in [2.05, 4.69) is 10.6 Å². The van der Waals surface area contributed by atoms with Crippen LogP contribution < -0.4 is 10.6 Å². The molecule has 0 radical (unpaired) electrons. The van der Waals surface area contributed by atoms with Gasteiger partial charge in [0.1, 0.15) is 17.7 Å². The van der Waals surface area contributed by atoms with E-state index in [1.807, 2.05) is 0 Å². The number of ether oxygens (including phenoxy) is 1. The van der Waals surface area contributed by atoms with Gasteiger partial charge in [-0.3, -0.25) is 4.79 Å². The van der Waals surface area contributed by atoms with Crippen molar-refractivity contribution in [3.63, 3.8) is 0 Å². The van der Waals surface area contributed by atoms with Gasteiger partial charge in [0.25, 0.3) is 5.91 Å². The molecule has 0 spiro atoms. The van der Waals surface area contributed by atoms with Crippen LogP contribution in [0.5, 0.6) is 0 Å². The second-order valence-electron chi connectivity index (χ2n) is 6.26. The van der Waals surface area contributed by atoms with E-state index in [1.165, 1.54) is 19.1 Å². The average Bonchev–Trinajstić information content (AvgIpc) is 2.52. The van der Waals surface area contributed by atoms with Crippen LogP contribution in [0.3, 0.4) is 0 Å². The highest BCUT2D eigenvalue weighted by Gasteiger charge is 2.32. The molecule has 5 nitrogen and oxygen atoms in total. The second kappa shape index (κ2) is 8.20. The summed E-state index contributed by atoms with van der Waals surface area (Å²) in [5, 5.41) is 14.7. The first kappa shape index (κ1) is 20.8. The number of hydrogen-bond acceptors (Lipinski definition) is 4. The van der Waals surface area contributed by atoms with E-state index in [0.29, 0.717) is 0 Å². The summed E-state index contributed by atoms with van der Waals surface area (Å²) in [6.07, 6.45) is -0.721. The van der Waals surface area contributed by atoms with Crippen molar-refractivity contribution in [2.45, 2.75) is 38.5 Å². The summed E-state index contributed by atoms with van der Waals surface area (Å²) in [7, 11) is 0.